The monoisotopic (exact) mass is 441 g/mol. The van der Waals surface area contributed by atoms with Crippen LogP contribution in [0.5, 0.6) is 0 Å². The zero-order chi connectivity index (χ0) is 21.3. The topological polar surface area (TPSA) is 90.3 Å². The Morgan fingerprint density at radius 2 is 2.03 bits per heavy atom. The van der Waals surface area contributed by atoms with E-state index in [1.165, 1.54) is 28.3 Å². The number of thiophene rings is 1. The van der Waals surface area contributed by atoms with Crippen LogP contribution in [0.3, 0.4) is 0 Å². The Labute approximate surface area is 179 Å². The number of amides is 1. The van der Waals surface area contributed by atoms with Crippen LogP contribution in [0.2, 0.25) is 5.02 Å². The van der Waals surface area contributed by atoms with Gasteiger partial charge in [-0.1, -0.05) is 23.7 Å². The lowest BCUT2D eigenvalue weighted by Crippen LogP contribution is -2.27. The summed E-state index contributed by atoms with van der Waals surface area (Å²) >= 11 is 7.55. The van der Waals surface area contributed by atoms with Crippen molar-refractivity contribution in [2.45, 2.75) is 13.5 Å². The lowest BCUT2D eigenvalue weighted by molar-refractivity contribution is -0.116. The van der Waals surface area contributed by atoms with Gasteiger partial charge in [0.2, 0.25) is 5.91 Å². The number of carbonyl (C=O) groups is 2. The summed E-state index contributed by atoms with van der Waals surface area (Å²) in [5, 5.41) is 3.96. The maximum atomic E-state index is 12.9. The molecule has 2 aromatic heterocycles. The second-order valence-electron chi connectivity index (χ2n) is 6.42. The highest BCUT2D eigenvalue weighted by Gasteiger charge is 2.15. The first kappa shape index (κ1) is 20.1. The Bertz CT molecular complexity index is 1350. The number of anilines is 1. The molecule has 1 N–H and O–H groups in total. The summed E-state index contributed by atoms with van der Waals surface area (Å²) in [5.41, 5.74) is 0.982. The molecule has 0 aliphatic carbocycles. The van der Waals surface area contributed by atoms with Gasteiger partial charge in [0.1, 0.15) is 11.2 Å². The second-order valence-corrected chi connectivity index (χ2v) is 7.88. The number of benzene rings is 2. The van der Waals surface area contributed by atoms with E-state index in [0.717, 1.165) is 10.1 Å². The Kier molecular flexibility index (Phi) is 5.52. The van der Waals surface area contributed by atoms with E-state index in [1.54, 1.807) is 31.2 Å². The van der Waals surface area contributed by atoms with Gasteiger partial charge in [0.15, 0.2) is 0 Å². The average Bonchev–Trinajstić information content (AvgIpc) is 3.11. The fourth-order valence-corrected chi connectivity index (χ4v) is 4.53. The van der Waals surface area contributed by atoms with E-state index in [4.69, 9.17) is 16.3 Å². The summed E-state index contributed by atoms with van der Waals surface area (Å²) in [7, 11) is 0. The van der Waals surface area contributed by atoms with Crippen LogP contribution >= 0.6 is 22.9 Å². The van der Waals surface area contributed by atoms with Gasteiger partial charge in [-0.25, -0.2) is 9.78 Å². The Balaban J connectivity index is 1.58. The first-order valence-electron chi connectivity index (χ1n) is 9.11. The van der Waals surface area contributed by atoms with Crippen LogP contribution in [0, 0.1) is 0 Å². The summed E-state index contributed by atoms with van der Waals surface area (Å²) in [4.78, 5) is 41.5. The Morgan fingerprint density at radius 3 is 2.83 bits per heavy atom. The maximum absolute atomic E-state index is 12.9. The summed E-state index contributed by atoms with van der Waals surface area (Å²) in [6.07, 6.45) is 1.34. The highest BCUT2D eigenvalue weighted by atomic mass is 35.5. The minimum Gasteiger partial charge on any atom is -0.462 e. The third-order valence-electron chi connectivity index (χ3n) is 4.39. The molecule has 4 aromatic rings. The van der Waals surface area contributed by atoms with Crippen molar-refractivity contribution >= 4 is 60.8 Å². The summed E-state index contributed by atoms with van der Waals surface area (Å²) in [6.45, 7) is 1.76. The molecule has 0 fully saturated rings. The second kappa shape index (κ2) is 8.25. The van der Waals surface area contributed by atoms with Crippen LogP contribution in [0.1, 0.15) is 17.3 Å². The lowest BCUT2D eigenvalue weighted by Gasteiger charge is -2.08. The van der Waals surface area contributed by atoms with E-state index in [0.29, 0.717) is 26.5 Å². The number of esters is 1. The van der Waals surface area contributed by atoms with Crippen LogP contribution in [-0.2, 0) is 16.1 Å². The number of hydrogen-bond acceptors (Lipinski definition) is 6. The zero-order valence-corrected chi connectivity index (χ0v) is 17.4. The predicted molar refractivity (Wildman–Crippen MR) is 117 cm³/mol. The first-order chi connectivity index (χ1) is 14.5. The van der Waals surface area contributed by atoms with Crippen molar-refractivity contribution < 1.29 is 14.3 Å². The molecule has 1 amide bonds. The molecule has 0 radical (unpaired) electrons. The number of fused-ring (bicyclic) bond motifs is 3. The quantitative estimate of drug-likeness (QED) is 0.471. The molecule has 0 atom stereocenters. The molecule has 2 heterocycles. The van der Waals surface area contributed by atoms with Crippen molar-refractivity contribution in [2.24, 2.45) is 0 Å². The molecule has 0 spiro atoms. The van der Waals surface area contributed by atoms with Crippen LogP contribution in [-0.4, -0.2) is 28.0 Å². The molecule has 30 heavy (non-hydrogen) atoms. The Morgan fingerprint density at radius 1 is 1.23 bits per heavy atom. The molecule has 0 aliphatic rings. The summed E-state index contributed by atoms with van der Waals surface area (Å²) in [6, 6.07) is 11.9. The highest BCUT2D eigenvalue weighted by Crippen LogP contribution is 2.34. The van der Waals surface area contributed by atoms with Gasteiger partial charge in [-0.2, -0.15) is 0 Å². The van der Waals surface area contributed by atoms with Gasteiger partial charge in [-0.3, -0.25) is 14.2 Å². The molecular weight excluding hydrogens is 426 g/mol. The number of nitrogens with zero attached hydrogens (tertiary/aromatic N) is 2. The van der Waals surface area contributed by atoms with Gasteiger partial charge >= 0.3 is 5.97 Å². The lowest BCUT2D eigenvalue weighted by atomic mass is 10.2. The molecule has 4 rings (SSSR count). The van der Waals surface area contributed by atoms with Gasteiger partial charge < -0.3 is 10.1 Å². The fraction of sp³-hybridized carbons (Fsp3) is 0.143. The molecule has 2 aromatic carbocycles. The van der Waals surface area contributed by atoms with E-state index in [-0.39, 0.29) is 18.7 Å². The molecule has 7 nitrogen and oxygen atoms in total. The third-order valence-corrected chi connectivity index (χ3v) is 5.84. The minimum absolute atomic E-state index is 0.215. The largest absolute Gasteiger partial charge is 0.462 e. The van der Waals surface area contributed by atoms with Crippen molar-refractivity contribution in [3.63, 3.8) is 0 Å². The van der Waals surface area contributed by atoms with Gasteiger partial charge in [0.25, 0.3) is 5.56 Å². The molecule has 0 bridgehead atoms. The Hall–Kier alpha value is -3.23. The van der Waals surface area contributed by atoms with Crippen LogP contribution in [0.4, 0.5) is 5.69 Å². The maximum Gasteiger partial charge on any atom is 0.338 e. The van der Waals surface area contributed by atoms with Crippen molar-refractivity contribution in [3.05, 3.63) is 69.7 Å². The van der Waals surface area contributed by atoms with Crippen molar-refractivity contribution in [1.29, 1.82) is 0 Å². The standard InChI is InChI=1S/C21H16ClN3O4S/c1-2-29-21(28)12-5-3-6-13(9-12)24-16(26)10-25-11-23-18-17-14(22)7-4-8-15(17)30-19(18)20(25)27/h3-9,11H,2,10H2,1H3,(H,24,26). The number of nitrogens with one attached hydrogen (secondary N) is 1. The summed E-state index contributed by atoms with van der Waals surface area (Å²) < 4.78 is 7.51. The number of aromatic nitrogens is 2. The molecule has 0 saturated heterocycles. The number of halogens is 1. The normalized spacial score (nSPS) is 11.0. The smallest absolute Gasteiger partial charge is 0.338 e. The molecule has 0 unspecified atom stereocenters. The van der Waals surface area contributed by atoms with Crippen molar-refractivity contribution in [2.75, 3.05) is 11.9 Å². The van der Waals surface area contributed by atoms with E-state index in [1.807, 2.05) is 12.1 Å². The molecular formula is C21H16ClN3O4S. The van der Waals surface area contributed by atoms with E-state index >= 15 is 0 Å². The fourth-order valence-electron chi connectivity index (χ4n) is 3.08. The molecule has 0 saturated carbocycles. The molecule has 0 aliphatic heterocycles. The highest BCUT2D eigenvalue weighted by molar-refractivity contribution is 7.25. The van der Waals surface area contributed by atoms with E-state index < -0.39 is 11.9 Å². The number of carbonyl (C=O) groups excluding carboxylic acids is 2. The summed E-state index contributed by atoms with van der Waals surface area (Å²) in [5.74, 6) is -0.888. The van der Waals surface area contributed by atoms with Gasteiger partial charge in [-0.15, -0.1) is 11.3 Å². The molecule has 152 valence electrons. The number of rotatable bonds is 5. The van der Waals surface area contributed by atoms with Crippen LogP contribution in [0.15, 0.2) is 53.6 Å². The van der Waals surface area contributed by atoms with Crippen molar-refractivity contribution in [1.82, 2.24) is 9.55 Å². The molecule has 9 heteroatoms. The van der Waals surface area contributed by atoms with E-state index in [2.05, 4.69) is 10.3 Å². The SMILES string of the molecule is CCOC(=O)c1cccc(NC(=O)Cn2cnc3c(sc4cccc(Cl)c43)c2=O)c1. The third kappa shape index (κ3) is 3.79. The minimum atomic E-state index is -0.470. The van der Waals surface area contributed by atoms with Crippen LogP contribution < -0.4 is 10.9 Å². The average molecular weight is 442 g/mol. The van der Waals surface area contributed by atoms with Gasteiger partial charge in [0.05, 0.1) is 29.0 Å². The van der Waals surface area contributed by atoms with E-state index in [9.17, 15) is 14.4 Å². The zero-order valence-electron chi connectivity index (χ0n) is 15.8. The number of hydrogen-bond donors (Lipinski definition) is 1. The van der Waals surface area contributed by atoms with Crippen molar-refractivity contribution in [3.8, 4) is 0 Å². The van der Waals surface area contributed by atoms with Crippen LogP contribution in [0.25, 0.3) is 20.3 Å². The van der Waals surface area contributed by atoms with Gasteiger partial charge in [0, 0.05) is 15.8 Å². The predicted octanol–water partition coefficient (Wildman–Crippen LogP) is 4.08. The number of ether oxygens (including phenoxy) is 1. The first-order valence-corrected chi connectivity index (χ1v) is 10.3. The van der Waals surface area contributed by atoms with Gasteiger partial charge in [-0.05, 0) is 37.3 Å².